The summed E-state index contributed by atoms with van der Waals surface area (Å²) in [6.07, 6.45) is 5.52. The van der Waals surface area contributed by atoms with Gasteiger partial charge in [0.2, 0.25) is 39.4 Å². The number of nitrogens with zero attached hydrogens (tertiary/aromatic N) is 5. The number of hydrogen-bond acceptors (Lipinski definition) is 12. The fraction of sp³-hybridized carbons (Fsp3) is 0.414. The zero-order valence-corrected chi connectivity index (χ0v) is 49.2. The molecule has 81 heavy (non-hydrogen) atoms. The van der Waals surface area contributed by atoms with Crippen LogP contribution in [0.1, 0.15) is 76.8 Å². The lowest BCUT2D eigenvalue weighted by Crippen LogP contribution is -2.56. The molecule has 432 valence electrons. The molecule has 20 nitrogen and oxygen atoms in total. The zero-order chi connectivity index (χ0) is 58.0. The third-order valence-electron chi connectivity index (χ3n) is 14.9. The SMILES string of the molecule is CCN(CC)c1ccc2c(-c3ccc(S(=O)(=O)NCCCC[C@H](NC(=O)Cc4csc(=N)n4C)C(=O)N[C@@H](Cc4c[n+](Cc5ccccc5)cn4C)C(=O)NC4CCOCC4)cc3S(=O)(=O)O)c3ccc(=[N+](CC)CC)cc-3oc2c1. The average molecular weight is 1170 g/mol. The van der Waals surface area contributed by atoms with E-state index in [1.165, 1.54) is 12.1 Å². The number of fused-ring (bicyclic) bond motifs is 2. The standard InChI is InChI=1S/C58H72N10O10S3/c1-7-67(8-2)41-19-22-46-51(31-41)78-52-32-42(68(9-3)10-4)20-23-47(52)55(46)48-24-21-45(34-53(48)81(74,75)76)80(72,73)60-27-15-14-18-49(62-54(69)33-44-37-79-58(59)65(44)6)56(70)63-50(57(71)61-40-25-28-77-29-26-40)30-43-36-66(38-64(43)5)35-39-16-12-11-13-17-39/h11-13,16-17,19-24,31-32,34,36-38,40,49-50,59-60H,7-10,14-15,18,25-30,33,35H2,1-6H3,(H2-2,61,62,63,69,70,71,74,75,76)/p+2/t49-,50-/m0/s1. The number of thiazole rings is 1. The van der Waals surface area contributed by atoms with E-state index in [-0.39, 0.29) is 61.0 Å². The Morgan fingerprint density at radius 1 is 0.864 bits per heavy atom. The summed E-state index contributed by atoms with van der Waals surface area (Å²) in [5.74, 6) is -1.03. The number of nitrogens with one attached hydrogen (secondary N) is 5. The Hall–Kier alpha value is -7.02. The van der Waals surface area contributed by atoms with Gasteiger partial charge in [-0.1, -0.05) is 36.4 Å². The van der Waals surface area contributed by atoms with Crippen LogP contribution in [0.15, 0.2) is 117 Å². The maximum Gasteiger partial charge on any atom is 0.295 e. The minimum atomic E-state index is -5.05. The number of imidazole rings is 1. The van der Waals surface area contributed by atoms with Crippen molar-refractivity contribution < 1.29 is 49.5 Å². The van der Waals surface area contributed by atoms with Crippen molar-refractivity contribution >= 4 is 65.9 Å². The van der Waals surface area contributed by atoms with Crippen LogP contribution in [0.4, 0.5) is 5.69 Å². The largest absolute Gasteiger partial charge is 0.456 e. The van der Waals surface area contributed by atoms with Gasteiger partial charge in [-0.25, -0.2) is 26.8 Å². The second-order valence-corrected chi connectivity index (χ2v) is 24.3. The number of amides is 3. The van der Waals surface area contributed by atoms with Crippen molar-refractivity contribution in [3.8, 4) is 22.5 Å². The van der Waals surface area contributed by atoms with Crippen LogP contribution in [0.5, 0.6) is 0 Å². The zero-order valence-electron chi connectivity index (χ0n) is 46.7. The van der Waals surface area contributed by atoms with Crippen molar-refractivity contribution in [1.82, 2.24) is 34.4 Å². The summed E-state index contributed by atoms with van der Waals surface area (Å²) < 4.78 is 88.0. The third kappa shape index (κ3) is 14.7. The smallest absolute Gasteiger partial charge is 0.295 e. The van der Waals surface area contributed by atoms with Crippen LogP contribution in [0, 0.1) is 5.41 Å². The molecular formula is C58H74N10O10S3+2. The van der Waals surface area contributed by atoms with Crippen molar-refractivity contribution in [2.24, 2.45) is 14.1 Å². The molecular weight excluding hydrogens is 1090 g/mol. The number of benzene rings is 4. The summed E-state index contributed by atoms with van der Waals surface area (Å²) in [6.45, 7) is 12.5. The van der Waals surface area contributed by atoms with Crippen molar-refractivity contribution in [3.05, 3.63) is 130 Å². The molecule has 2 atom stereocenters. The molecule has 0 radical (unpaired) electrons. The second-order valence-electron chi connectivity index (χ2n) is 20.3. The molecule has 1 aliphatic carbocycles. The van der Waals surface area contributed by atoms with E-state index in [9.17, 15) is 35.8 Å². The maximum absolute atomic E-state index is 14.5. The van der Waals surface area contributed by atoms with Gasteiger partial charge < -0.3 is 34.6 Å². The van der Waals surface area contributed by atoms with E-state index >= 15 is 0 Å². The van der Waals surface area contributed by atoms with E-state index in [1.807, 2.05) is 123 Å². The highest BCUT2D eigenvalue weighted by Crippen LogP contribution is 2.43. The molecule has 5 aromatic rings. The molecule has 3 amide bonds. The number of carbonyl (C=O) groups is 3. The van der Waals surface area contributed by atoms with E-state index in [4.69, 9.17) is 14.6 Å². The summed E-state index contributed by atoms with van der Waals surface area (Å²) in [5, 5.41) is 20.2. The number of hydrogen-bond donors (Lipinski definition) is 6. The summed E-state index contributed by atoms with van der Waals surface area (Å²) in [4.78, 5) is 43.7. The molecule has 6 N–H and O–H groups in total. The Morgan fingerprint density at radius 3 is 2.27 bits per heavy atom. The molecule has 1 saturated heterocycles. The number of anilines is 1. The van der Waals surface area contributed by atoms with Gasteiger partial charge in [-0.2, -0.15) is 8.42 Å². The Bertz CT molecular complexity index is 3710. The van der Waals surface area contributed by atoms with Gasteiger partial charge >= 0.3 is 0 Å². The van der Waals surface area contributed by atoms with Gasteiger partial charge in [0.25, 0.3) is 10.1 Å². The molecule has 1 fully saturated rings. The van der Waals surface area contributed by atoms with Crippen molar-refractivity contribution in [2.45, 2.75) is 107 Å². The molecule has 3 aliphatic rings. The quantitative estimate of drug-likeness (QED) is 0.0195. The first-order valence-corrected chi connectivity index (χ1v) is 31.3. The molecule has 4 heterocycles. The predicted octanol–water partition coefficient (Wildman–Crippen LogP) is 4.86. The molecule has 0 saturated carbocycles. The molecule has 8 rings (SSSR count). The van der Waals surface area contributed by atoms with Gasteiger partial charge in [-0.05, 0) is 95.7 Å². The van der Waals surface area contributed by atoms with E-state index in [0.717, 1.165) is 65.9 Å². The number of carbonyl (C=O) groups excluding carboxylic acids is 3. The summed E-state index contributed by atoms with van der Waals surface area (Å²) >= 11 is 1.16. The number of aryl methyl sites for hydroxylation is 1. The highest BCUT2D eigenvalue weighted by Gasteiger charge is 2.32. The molecule has 3 aromatic carbocycles. The second kappa shape index (κ2) is 26.7. The minimum absolute atomic E-state index is 0.0496. The number of ether oxygens (including phenoxy) is 1. The molecule has 0 spiro atoms. The maximum atomic E-state index is 14.5. The number of sulfonamides is 1. The highest BCUT2D eigenvalue weighted by molar-refractivity contribution is 7.89. The van der Waals surface area contributed by atoms with Gasteiger partial charge in [0.05, 0.1) is 24.4 Å². The molecule has 2 aliphatic heterocycles. The number of aromatic nitrogens is 3. The Morgan fingerprint density at radius 2 is 1.59 bits per heavy atom. The Balaban J connectivity index is 1.03. The Labute approximate surface area is 477 Å². The Kier molecular flexibility index (Phi) is 19.8. The number of rotatable bonds is 25. The van der Waals surface area contributed by atoms with Crippen molar-refractivity contribution in [2.75, 3.05) is 50.8 Å². The third-order valence-corrected chi connectivity index (χ3v) is 18.2. The molecule has 2 aromatic heterocycles. The summed E-state index contributed by atoms with van der Waals surface area (Å²) in [6, 6.07) is 22.5. The van der Waals surface area contributed by atoms with Gasteiger partial charge in [0, 0.05) is 103 Å². The normalized spacial score (nSPS) is 14.0. The first-order chi connectivity index (χ1) is 38.8. The van der Waals surface area contributed by atoms with Gasteiger partial charge in [-0.15, -0.1) is 11.3 Å². The first kappa shape index (κ1) is 60.1. The lowest BCUT2D eigenvalue weighted by molar-refractivity contribution is -0.688. The van der Waals surface area contributed by atoms with E-state index in [0.29, 0.717) is 66.2 Å². The lowest BCUT2D eigenvalue weighted by atomic mass is 9.93. The fourth-order valence-corrected chi connectivity index (χ4v) is 13.0. The average Bonchev–Trinajstić information content (AvgIpc) is 4.07. The number of unbranched alkanes of at least 4 members (excludes halogenated alkanes) is 1. The first-order valence-electron chi connectivity index (χ1n) is 27.5. The van der Waals surface area contributed by atoms with E-state index in [1.54, 1.807) is 17.0 Å². The minimum Gasteiger partial charge on any atom is -0.456 e. The lowest BCUT2D eigenvalue weighted by Gasteiger charge is -2.27. The topological polar surface area (TPSA) is 254 Å². The van der Waals surface area contributed by atoms with Crippen LogP contribution in [-0.2, 0) is 72.7 Å². The van der Waals surface area contributed by atoms with Crippen LogP contribution in [-0.4, -0.2) is 112 Å². The van der Waals surface area contributed by atoms with Gasteiger partial charge in [-0.3, -0.25) is 24.3 Å². The molecule has 23 heteroatoms. The van der Waals surface area contributed by atoms with E-state index in [2.05, 4.69) is 30.1 Å². The highest BCUT2D eigenvalue weighted by atomic mass is 32.2. The fourth-order valence-electron chi connectivity index (χ4n) is 10.4. The summed E-state index contributed by atoms with van der Waals surface area (Å²) in [5.41, 5.74) is 4.84. The van der Waals surface area contributed by atoms with Crippen LogP contribution in [0.25, 0.3) is 33.4 Å². The molecule has 0 bridgehead atoms. The van der Waals surface area contributed by atoms with Crippen molar-refractivity contribution in [1.29, 1.82) is 5.41 Å². The molecule has 0 unspecified atom stereocenters. The van der Waals surface area contributed by atoms with Gasteiger partial charge in [0.15, 0.2) is 4.80 Å². The predicted molar refractivity (Wildman–Crippen MR) is 311 cm³/mol. The van der Waals surface area contributed by atoms with Crippen LogP contribution in [0.3, 0.4) is 0 Å². The van der Waals surface area contributed by atoms with Crippen LogP contribution >= 0.6 is 11.3 Å². The van der Waals surface area contributed by atoms with Crippen LogP contribution in [0.2, 0.25) is 0 Å². The van der Waals surface area contributed by atoms with E-state index < -0.39 is 53.8 Å². The van der Waals surface area contributed by atoms with Gasteiger partial charge in [0.1, 0.15) is 59.8 Å². The monoisotopic (exact) mass is 1170 g/mol. The summed E-state index contributed by atoms with van der Waals surface area (Å²) in [7, 11) is -5.91. The van der Waals surface area contributed by atoms with Crippen LogP contribution < -0.4 is 44.9 Å². The van der Waals surface area contributed by atoms with Crippen molar-refractivity contribution in [3.63, 3.8) is 0 Å².